The lowest BCUT2D eigenvalue weighted by Crippen LogP contribution is -2.36. The van der Waals surface area contributed by atoms with Crippen molar-refractivity contribution in [2.24, 2.45) is 0 Å². The Balaban J connectivity index is 2.19. The molecule has 0 spiro atoms. The van der Waals surface area contributed by atoms with Gasteiger partial charge in [0.25, 0.3) is 0 Å². The van der Waals surface area contributed by atoms with E-state index < -0.39 is 11.7 Å². The fourth-order valence-electron chi connectivity index (χ4n) is 3.16. The van der Waals surface area contributed by atoms with Crippen molar-refractivity contribution in [3.05, 3.63) is 35.4 Å². The predicted molar refractivity (Wildman–Crippen MR) is 97.4 cm³/mol. The zero-order chi connectivity index (χ0) is 18.4. The Morgan fingerprint density at radius 3 is 2.72 bits per heavy atom. The van der Waals surface area contributed by atoms with Crippen molar-refractivity contribution in [1.29, 1.82) is 5.26 Å². The Kier molecular flexibility index (Phi) is 4.26. The molecule has 2 aromatic carbocycles. The van der Waals surface area contributed by atoms with Gasteiger partial charge >= 0.3 is 6.09 Å². The molecule has 1 unspecified atom stereocenters. The van der Waals surface area contributed by atoms with Crippen LogP contribution in [0.15, 0.2) is 24.3 Å². The van der Waals surface area contributed by atoms with E-state index in [4.69, 9.17) is 16.3 Å². The van der Waals surface area contributed by atoms with Gasteiger partial charge in [0.15, 0.2) is 0 Å². The first-order valence-electron chi connectivity index (χ1n) is 8.01. The molecule has 1 heterocycles. The molecular weight excluding hydrogens is 340 g/mol. The topological polar surface area (TPSA) is 73.6 Å². The van der Waals surface area contributed by atoms with Crippen LogP contribution in [0.3, 0.4) is 0 Å². The van der Waals surface area contributed by atoms with Gasteiger partial charge in [-0.25, -0.2) is 4.79 Å². The van der Waals surface area contributed by atoms with E-state index in [2.05, 4.69) is 6.07 Å². The quantitative estimate of drug-likeness (QED) is 0.762. The Labute approximate surface area is 151 Å². The minimum absolute atomic E-state index is 0.0574. The molecule has 3 rings (SSSR count). The molecule has 0 radical (unpaired) electrons. The van der Waals surface area contributed by atoms with E-state index in [0.717, 1.165) is 10.9 Å². The summed E-state index contributed by atoms with van der Waals surface area (Å²) in [5, 5.41) is 21.0. The second-order valence-corrected chi connectivity index (χ2v) is 7.45. The maximum Gasteiger partial charge on any atom is 0.414 e. The van der Waals surface area contributed by atoms with E-state index in [1.54, 1.807) is 45.0 Å². The number of fused-ring (bicyclic) bond motifs is 3. The molecule has 1 N–H and O–H groups in total. The van der Waals surface area contributed by atoms with Crippen molar-refractivity contribution in [3.63, 3.8) is 0 Å². The zero-order valence-electron chi connectivity index (χ0n) is 14.3. The first kappa shape index (κ1) is 17.4. The van der Waals surface area contributed by atoms with Crippen LogP contribution in [0.25, 0.3) is 10.8 Å². The average Bonchev–Trinajstić information content (AvgIpc) is 2.91. The number of alkyl halides is 1. The molecular formula is C19H19ClN2O3. The lowest BCUT2D eigenvalue weighted by atomic mass is 9.94. The van der Waals surface area contributed by atoms with Crippen LogP contribution in [-0.4, -0.2) is 29.2 Å². The Morgan fingerprint density at radius 2 is 2.12 bits per heavy atom. The third kappa shape index (κ3) is 3.10. The van der Waals surface area contributed by atoms with Gasteiger partial charge in [0.05, 0.1) is 17.3 Å². The number of carbonyl (C=O) groups excluding carboxylic acids is 1. The largest absolute Gasteiger partial charge is 0.507 e. The monoisotopic (exact) mass is 358 g/mol. The van der Waals surface area contributed by atoms with Crippen molar-refractivity contribution >= 4 is 34.2 Å². The standard InChI is InChI=1S/C19H19ClN2O3/c1-19(2,3)25-18(24)22-10-12(8-20)17-14-6-11(9-21)4-5-13(14)16(23)7-15(17)22/h4-7,12,23H,8,10H2,1-3H3. The van der Waals surface area contributed by atoms with Gasteiger partial charge in [0.2, 0.25) is 0 Å². The van der Waals surface area contributed by atoms with Gasteiger partial charge in [-0.3, -0.25) is 4.90 Å². The number of phenolic OH excluding ortho intramolecular Hbond substituents is 1. The molecule has 1 atom stereocenters. The smallest absolute Gasteiger partial charge is 0.414 e. The van der Waals surface area contributed by atoms with Gasteiger partial charge in [-0.1, -0.05) is 0 Å². The van der Waals surface area contributed by atoms with Crippen molar-refractivity contribution < 1.29 is 14.6 Å². The molecule has 0 aromatic heterocycles. The van der Waals surface area contributed by atoms with Crippen LogP contribution in [0, 0.1) is 11.3 Å². The molecule has 5 nitrogen and oxygen atoms in total. The number of ether oxygens (including phenoxy) is 1. The number of nitrogens with zero attached hydrogens (tertiary/aromatic N) is 2. The van der Waals surface area contributed by atoms with Crippen LogP contribution < -0.4 is 4.90 Å². The molecule has 0 saturated carbocycles. The number of halogens is 1. The van der Waals surface area contributed by atoms with Crippen LogP contribution >= 0.6 is 11.6 Å². The summed E-state index contributed by atoms with van der Waals surface area (Å²) in [6.45, 7) is 5.79. The van der Waals surface area contributed by atoms with Gasteiger partial charge in [0.1, 0.15) is 11.4 Å². The average molecular weight is 359 g/mol. The molecule has 1 amide bonds. The molecule has 1 aliphatic heterocycles. The summed E-state index contributed by atoms with van der Waals surface area (Å²) in [6.07, 6.45) is -0.475. The molecule has 6 heteroatoms. The summed E-state index contributed by atoms with van der Waals surface area (Å²) >= 11 is 6.15. The highest BCUT2D eigenvalue weighted by atomic mass is 35.5. The number of hydrogen-bond donors (Lipinski definition) is 1. The second-order valence-electron chi connectivity index (χ2n) is 7.14. The molecule has 0 aliphatic carbocycles. The summed E-state index contributed by atoms with van der Waals surface area (Å²) in [5.74, 6) is 0.284. The van der Waals surface area contributed by atoms with Crippen molar-refractivity contribution in [2.75, 3.05) is 17.3 Å². The summed E-state index contributed by atoms with van der Waals surface area (Å²) in [5.41, 5.74) is 1.32. The lowest BCUT2D eigenvalue weighted by Gasteiger charge is -2.25. The third-order valence-corrected chi connectivity index (χ3v) is 4.54. The molecule has 0 fully saturated rings. The number of carbonyl (C=O) groups is 1. The van der Waals surface area contributed by atoms with Crippen LogP contribution in [0.2, 0.25) is 0 Å². The zero-order valence-corrected chi connectivity index (χ0v) is 15.1. The summed E-state index contributed by atoms with van der Waals surface area (Å²) in [7, 11) is 0. The van der Waals surface area contributed by atoms with E-state index in [9.17, 15) is 15.2 Å². The third-order valence-electron chi connectivity index (χ3n) is 4.17. The molecule has 0 saturated heterocycles. The van der Waals surface area contributed by atoms with Crippen LogP contribution in [0.1, 0.15) is 37.8 Å². The van der Waals surface area contributed by atoms with Gasteiger partial charge < -0.3 is 9.84 Å². The number of phenols is 1. The number of amides is 1. The number of benzene rings is 2. The normalized spacial score (nSPS) is 16.6. The maximum atomic E-state index is 12.6. The van der Waals surface area contributed by atoms with E-state index in [-0.39, 0.29) is 11.7 Å². The van der Waals surface area contributed by atoms with Crippen molar-refractivity contribution in [2.45, 2.75) is 32.3 Å². The Morgan fingerprint density at radius 1 is 1.40 bits per heavy atom. The predicted octanol–water partition coefficient (Wildman–Crippen LogP) is 4.49. The van der Waals surface area contributed by atoms with E-state index in [1.165, 1.54) is 4.90 Å². The molecule has 0 bridgehead atoms. The van der Waals surface area contributed by atoms with E-state index in [0.29, 0.717) is 29.1 Å². The van der Waals surface area contributed by atoms with Gasteiger partial charge in [-0.05, 0) is 49.9 Å². The highest BCUT2D eigenvalue weighted by molar-refractivity contribution is 6.19. The van der Waals surface area contributed by atoms with Gasteiger partial charge in [0, 0.05) is 29.8 Å². The highest BCUT2D eigenvalue weighted by Gasteiger charge is 2.36. The first-order valence-corrected chi connectivity index (χ1v) is 8.55. The molecule has 1 aliphatic rings. The summed E-state index contributed by atoms with van der Waals surface area (Å²) in [4.78, 5) is 14.1. The Bertz CT molecular complexity index is 896. The number of hydrogen-bond acceptors (Lipinski definition) is 4. The molecule has 130 valence electrons. The van der Waals surface area contributed by atoms with Crippen LogP contribution in [0.5, 0.6) is 5.75 Å². The van der Waals surface area contributed by atoms with Gasteiger partial charge in [-0.15, -0.1) is 11.6 Å². The highest BCUT2D eigenvalue weighted by Crippen LogP contribution is 2.45. The maximum absolute atomic E-state index is 12.6. The van der Waals surface area contributed by atoms with Gasteiger partial charge in [-0.2, -0.15) is 5.26 Å². The van der Waals surface area contributed by atoms with E-state index in [1.807, 2.05) is 0 Å². The second kappa shape index (κ2) is 6.12. The number of anilines is 1. The Hall–Kier alpha value is -2.45. The lowest BCUT2D eigenvalue weighted by molar-refractivity contribution is 0.0582. The minimum atomic E-state index is -0.622. The van der Waals surface area contributed by atoms with Crippen molar-refractivity contribution in [1.82, 2.24) is 0 Å². The summed E-state index contributed by atoms with van der Waals surface area (Å²) < 4.78 is 5.48. The van der Waals surface area contributed by atoms with E-state index >= 15 is 0 Å². The number of nitriles is 1. The molecule has 25 heavy (non-hydrogen) atoms. The first-order chi connectivity index (χ1) is 11.7. The number of aromatic hydroxyl groups is 1. The number of rotatable bonds is 1. The fraction of sp³-hybridized carbons (Fsp3) is 0.368. The van der Waals surface area contributed by atoms with Crippen LogP contribution in [0.4, 0.5) is 10.5 Å². The fourth-order valence-corrected chi connectivity index (χ4v) is 3.41. The SMILES string of the molecule is CC(C)(C)OC(=O)N1CC(CCl)c2c1cc(O)c1ccc(C#N)cc21. The summed E-state index contributed by atoms with van der Waals surface area (Å²) in [6, 6.07) is 8.78. The van der Waals surface area contributed by atoms with Crippen molar-refractivity contribution in [3.8, 4) is 11.8 Å². The minimum Gasteiger partial charge on any atom is -0.507 e. The van der Waals surface area contributed by atoms with Crippen LogP contribution in [-0.2, 0) is 4.74 Å². The molecule has 2 aromatic rings.